The van der Waals surface area contributed by atoms with Crippen molar-refractivity contribution in [3.63, 3.8) is 0 Å². The van der Waals surface area contributed by atoms with E-state index in [9.17, 15) is 19.2 Å². The summed E-state index contributed by atoms with van der Waals surface area (Å²) in [5.41, 5.74) is 7.30. The molecular formula is C31H54Cl2N8O10. The normalized spacial score (nSPS) is 12.9. The van der Waals surface area contributed by atoms with Gasteiger partial charge in [-0.15, -0.1) is 0 Å². The van der Waals surface area contributed by atoms with Gasteiger partial charge in [0, 0.05) is 25.9 Å². The summed E-state index contributed by atoms with van der Waals surface area (Å²) in [4.78, 5) is 59.3. The minimum Gasteiger partial charge on any atom is -0.394 e. The first-order chi connectivity index (χ1) is 23.6. The van der Waals surface area contributed by atoms with E-state index in [1.54, 1.807) is 0 Å². The maximum absolute atomic E-state index is 11.7. The second-order valence-electron chi connectivity index (χ2n) is 11.8. The van der Waals surface area contributed by atoms with Crippen LogP contribution in [-0.4, -0.2) is 111 Å². The van der Waals surface area contributed by atoms with Gasteiger partial charge in [-0.25, -0.2) is 19.6 Å². The van der Waals surface area contributed by atoms with Crippen LogP contribution in [0.15, 0.2) is 29.2 Å². The summed E-state index contributed by atoms with van der Waals surface area (Å²) in [5.74, 6) is 0.861. The van der Waals surface area contributed by atoms with Crippen LogP contribution >= 0.6 is 23.2 Å². The number of aliphatic imine (C=N–C) groups is 2. The first kappa shape index (κ1) is 48.0. The van der Waals surface area contributed by atoms with E-state index in [1.807, 2.05) is 0 Å². The average molecular weight is 770 g/mol. The molecule has 0 unspecified atom stereocenters. The Balaban J connectivity index is 0.000000692. The molecule has 2 aromatic rings. The summed E-state index contributed by atoms with van der Waals surface area (Å²) in [6, 6.07) is 0. The van der Waals surface area contributed by atoms with Crippen molar-refractivity contribution in [1.29, 1.82) is 0 Å². The number of rotatable bonds is 14. The Kier molecular flexibility index (Phi) is 22.1. The highest BCUT2D eigenvalue weighted by atomic mass is 35.5. The largest absolute Gasteiger partial charge is 0.394 e. The highest BCUT2D eigenvalue weighted by Crippen LogP contribution is 2.24. The number of aromatic nitrogens is 4. The molecule has 0 aromatic carbocycles. The van der Waals surface area contributed by atoms with Crippen LogP contribution in [0.1, 0.15) is 70.9 Å². The van der Waals surface area contributed by atoms with Crippen molar-refractivity contribution in [3.05, 3.63) is 52.8 Å². The number of aromatic amines is 2. The van der Waals surface area contributed by atoms with E-state index in [0.717, 1.165) is 38.5 Å². The van der Waals surface area contributed by atoms with E-state index in [4.69, 9.17) is 65.3 Å². The molecule has 4 rings (SSSR count). The number of fused-ring (bicyclic) bond motifs is 2. The molecule has 51 heavy (non-hydrogen) atoms. The van der Waals surface area contributed by atoms with Crippen LogP contribution in [0, 0.1) is 0 Å². The molecule has 0 radical (unpaired) electrons. The molecule has 0 saturated carbocycles. The average Bonchev–Trinajstić information content (AvgIpc) is 3.70. The summed E-state index contributed by atoms with van der Waals surface area (Å²) < 4.78 is 3.00. The zero-order chi connectivity index (χ0) is 38.1. The fourth-order valence-corrected chi connectivity index (χ4v) is 4.56. The van der Waals surface area contributed by atoms with Crippen molar-refractivity contribution in [1.82, 2.24) is 19.1 Å². The summed E-state index contributed by atoms with van der Waals surface area (Å²) >= 11 is 11.6. The molecule has 2 aliphatic rings. The lowest BCUT2D eigenvalue weighted by atomic mass is 10.1. The highest BCUT2D eigenvalue weighted by molar-refractivity contribution is 6.66. The topological polar surface area (TPSA) is 308 Å². The Labute approximate surface area is 305 Å². The smallest absolute Gasteiger partial charge is 0.329 e. The van der Waals surface area contributed by atoms with Gasteiger partial charge in [0.05, 0.1) is 61.8 Å². The number of nitrogens with zero attached hydrogens (tertiary/aromatic N) is 4. The predicted octanol–water partition coefficient (Wildman–Crippen LogP) is -0.939. The Morgan fingerprint density at radius 2 is 0.922 bits per heavy atom. The number of aliphatic hydroxyl groups excluding tert-OH is 6. The fraction of sp³-hybridized carbons (Fsp3) is 0.677. The standard InChI is InChI=1S/2C11H14ClN3O2.2C4H11NO3.CH4/c2*1-2-3-4-5-15-9-7(6-8(12)13-9)10(16)14-11(15)17;2*5-4(1-6,2-7)3-8;/h2*2-6H2,1H3,(H,14,16,17);2*6-8H,1-3,5H2;1H4. The molecule has 20 heteroatoms. The van der Waals surface area contributed by atoms with Crippen molar-refractivity contribution < 1.29 is 30.6 Å². The van der Waals surface area contributed by atoms with Gasteiger partial charge >= 0.3 is 11.4 Å². The van der Waals surface area contributed by atoms with Gasteiger partial charge in [0.1, 0.15) is 22.0 Å². The van der Waals surface area contributed by atoms with Crippen molar-refractivity contribution in [2.45, 2.75) is 96.8 Å². The van der Waals surface area contributed by atoms with Crippen molar-refractivity contribution >= 4 is 45.2 Å². The molecule has 0 amide bonds. The van der Waals surface area contributed by atoms with Gasteiger partial charge in [-0.05, 0) is 12.8 Å². The van der Waals surface area contributed by atoms with Crippen LogP contribution in [0.3, 0.4) is 0 Å². The summed E-state index contributed by atoms with van der Waals surface area (Å²) in [6.45, 7) is 2.91. The quantitative estimate of drug-likeness (QED) is 0.104. The summed E-state index contributed by atoms with van der Waals surface area (Å²) in [5, 5.41) is 50.8. The van der Waals surface area contributed by atoms with Gasteiger partial charge in [0.15, 0.2) is 0 Å². The third-order valence-corrected chi connectivity index (χ3v) is 7.93. The maximum Gasteiger partial charge on any atom is 0.329 e. The second kappa shape index (κ2) is 23.5. The van der Waals surface area contributed by atoms with Crippen molar-refractivity contribution in [3.8, 4) is 0 Å². The SMILES string of the molecule is C.CCCCCn1c2c(c(=O)[nH]c1=O)CC(Cl)=N2.CCCCCn1c2c(c(=O)[nH]c1=O)CC(Cl)=N2.NC(CO)(CO)CO.NC(CO)(CO)CO. The summed E-state index contributed by atoms with van der Waals surface area (Å²) in [7, 11) is 0. The van der Waals surface area contributed by atoms with Crippen LogP contribution in [0.2, 0.25) is 0 Å². The molecule has 0 spiro atoms. The zero-order valence-corrected chi connectivity index (χ0v) is 29.8. The molecule has 4 heterocycles. The molecule has 292 valence electrons. The predicted molar refractivity (Wildman–Crippen MR) is 198 cm³/mol. The number of hydrogen-bond acceptors (Lipinski definition) is 14. The molecule has 0 atom stereocenters. The van der Waals surface area contributed by atoms with Crippen molar-refractivity contribution in [2.75, 3.05) is 39.6 Å². The lowest BCUT2D eigenvalue weighted by Crippen LogP contribution is -2.50. The van der Waals surface area contributed by atoms with E-state index < -0.39 is 62.1 Å². The second-order valence-corrected chi connectivity index (χ2v) is 12.7. The first-order valence-corrected chi connectivity index (χ1v) is 16.8. The minimum atomic E-state index is -1.21. The Morgan fingerprint density at radius 3 is 1.16 bits per heavy atom. The third kappa shape index (κ3) is 14.5. The fourth-order valence-electron chi connectivity index (χ4n) is 4.13. The first-order valence-electron chi connectivity index (χ1n) is 16.0. The van der Waals surface area contributed by atoms with E-state index >= 15 is 0 Å². The molecule has 2 aromatic heterocycles. The number of nitrogens with two attached hydrogens (primary N) is 2. The van der Waals surface area contributed by atoms with Crippen LogP contribution in [0.5, 0.6) is 0 Å². The van der Waals surface area contributed by atoms with Gasteiger partial charge in [0.25, 0.3) is 11.1 Å². The number of nitrogens with one attached hydrogen (secondary N) is 2. The molecule has 18 nitrogen and oxygen atoms in total. The number of halogens is 2. The number of aliphatic hydroxyl groups is 6. The van der Waals surface area contributed by atoms with Gasteiger partial charge in [-0.2, -0.15) is 0 Å². The zero-order valence-electron chi connectivity index (χ0n) is 28.3. The molecule has 0 bridgehead atoms. The monoisotopic (exact) mass is 768 g/mol. The van der Waals surface area contributed by atoms with E-state index in [0.29, 0.717) is 59.0 Å². The molecule has 0 aliphatic carbocycles. The lowest BCUT2D eigenvalue weighted by molar-refractivity contribution is 0.0695. The molecular weight excluding hydrogens is 715 g/mol. The van der Waals surface area contributed by atoms with E-state index in [-0.39, 0.29) is 18.5 Å². The molecule has 2 aliphatic heterocycles. The number of unbranched alkanes of at least 4 members (excludes halogenated alkanes) is 4. The highest BCUT2D eigenvalue weighted by Gasteiger charge is 2.23. The lowest BCUT2D eigenvalue weighted by Gasteiger charge is -2.20. The number of hydrogen-bond donors (Lipinski definition) is 10. The van der Waals surface area contributed by atoms with Gasteiger partial charge in [-0.1, -0.05) is 70.2 Å². The van der Waals surface area contributed by atoms with Gasteiger partial charge in [0.2, 0.25) is 0 Å². The minimum absolute atomic E-state index is 0. The molecule has 0 fully saturated rings. The Morgan fingerprint density at radius 1 is 0.627 bits per heavy atom. The Hall–Kier alpha value is -3.04. The van der Waals surface area contributed by atoms with E-state index in [2.05, 4.69) is 33.8 Å². The Bertz CT molecular complexity index is 1520. The van der Waals surface area contributed by atoms with E-state index in [1.165, 1.54) is 9.13 Å². The third-order valence-electron chi connectivity index (χ3n) is 7.49. The maximum atomic E-state index is 11.7. The van der Waals surface area contributed by atoms with Crippen LogP contribution in [0.25, 0.3) is 0 Å². The number of H-pyrrole nitrogens is 2. The van der Waals surface area contributed by atoms with Crippen LogP contribution in [-0.2, 0) is 25.9 Å². The molecule has 0 saturated heterocycles. The van der Waals surface area contributed by atoms with Crippen LogP contribution in [0.4, 0.5) is 11.6 Å². The van der Waals surface area contributed by atoms with Gasteiger partial charge in [-0.3, -0.25) is 28.7 Å². The summed E-state index contributed by atoms with van der Waals surface area (Å²) in [6.07, 6.45) is 6.65. The van der Waals surface area contributed by atoms with Gasteiger partial charge < -0.3 is 42.1 Å². The molecule has 12 N–H and O–H groups in total. The van der Waals surface area contributed by atoms with Crippen LogP contribution < -0.4 is 34.0 Å². The van der Waals surface area contributed by atoms with Crippen molar-refractivity contribution in [2.24, 2.45) is 21.5 Å².